The third-order valence-corrected chi connectivity index (χ3v) is 4.24. The topological polar surface area (TPSA) is 40.5 Å². The minimum Gasteiger partial charge on any atom is -0.481 e. The number of carbonyl (C=O) groups is 1. The second-order valence-electron chi connectivity index (χ2n) is 5.87. The molecule has 1 aliphatic rings. The van der Waals surface area contributed by atoms with Gasteiger partial charge >= 0.3 is 12.1 Å². The van der Waals surface area contributed by atoms with Crippen LogP contribution in [0.15, 0.2) is 18.2 Å². The van der Waals surface area contributed by atoms with Crippen LogP contribution in [0.2, 0.25) is 0 Å². The van der Waals surface area contributed by atoms with E-state index in [2.05, 4.69) is 0 Å². The van der Waals surface area contributed by atoms with Gasteiger partial charge in [-0.05, 0) is 44.9 Å². The number of carboxylic acids is 1. The number of nitrogens with zero attached hydrogens (tertiary/aromatic N) is 1. The summed E-state index contributed by atoms with van der Waals surface area (Å²) in [4.78, 5) is 13.2. The molecule has 1 aromatic rings. The lowest BCUT2D eigenvalue weighted by Crippen LogP contribution is -2.47. The number of anilines is 1. The standard InChI is InChI=1S/C15H18F3NO2/c1-4-19-11-8-10(15(16,17)18)6-5-9(11)7-12(19)14(2,3)13(20)21/h5-6,8,12H,4,7H2,1-3H3,(H,20,21). The first kappa shape index (κ1) is 15.7. The Hall–Kier alpha value is -1.72. The van der Waals surface area contributed by atoms with E-state index in [0.717, 1.165) is 17.7 Å². The first-order valence-corrected chi connectivity index (χ1v) is 6.79. The molecule has 0 saturated carbocycles. The number of hydrogen-bond acceptors (Lipinski definition) is 2. The van der Waals surface area contributed by atoms with E-state index in [9.17, 15) is 23.1 Å². The van der Waals surface area contributed by atoms with Gasteiger partial charge in [-0.15, -0.1) is 0 Å². The van der Waals surface area contributed by atoms with E-state index < -0.39 is 23.1 Å². The Bertz CT molecular complexity index is 567. The molecule has 3 nitrogen and oxygen atoms in total. The molecule has 1 N–H and O–H groups in total. The van der Waals surface area contributed by atoms with E-state index in [1.54, 1.807) is 18.7 Å². The number of benzene rings is 1. The summed E-state index contributed by atoms with van der Waals surface area (Å²) in [6.45, 7) is 5.51. The highest BCUT2D eigenvalue weighted by atomic mass is 19.4. The van der Waals surface area contributed by atoms with Crippen LogP contribution in [0.5, 0.6) is 0 Å². The van der Waals surface area contributed by atoms with Gasteiger partial charge in [0.05, 0.1) is 11.0 Å². The zero-order valence-corrected chi connectivity index (χ0v) is 12.2. The fraction of sp³-hybridized carbons (Fsp3) is 0.533. The number of halogens is 3. The van der Waals surface area contributed by atoms with Gasteiger partial charge in [0.1, 0.15) is 0 Å². The van der Waals surface area contributed by atoms with Crippen LogP contribution >= 0.6 is 0 Å². The summed E-state index contributed by atoms with van der Waals surface area (Å²) in [7, 11) is 0. The van der Waals surface area contributed by atoms with Crippen LogP contribution in [0.4, 0.5) is 18.9 Å². The molecule has 0 spiro atoms. The Kier molecular flexibility index (Phi) is 3.68. The molecular formula is C15H18F3NO2. The maximum Gasteiger partial charge on any atom is 0.416 e. The number of likely N-dealkylation sites (N-methyl/N-ethyl adjacent to an activating group) is 1. The normalized spacial score (nSPS) is 18.8. The zero-order chi connectivity index (χ0) is 16.0. The average Bonchev–Trinajstić information content (AvgIpc) is 2.75. The molecule has 1 aliphatic heterocycles. The third kappa shape index (κ3) is 2.59. The van der Waals surface area contributed by atoms with Crippen LogP contribution in [-0.4, -0.2) is 23.7 Å². The largest absolute Gasteiger partial charge is 0.481 e. The van der Waals surface area contributed by atoms with Crippen molar-refractivity contribution >= 4 is 11.7 Å². The quantitative estimate of drug-likeness (QED) is 0.928. The average molecular weight is 301 g/mol. The minimum absolute atomic E-state index is 0.349. The molecule has 1 aromatic carbocycles. The number of hydrogen-bond donors (Lipinski definition) is 1. The summed E-state index contributed by atoms with van der Waals surface area (Å²) in [5.41, 5.74) is -0.475. The van der Waals surface area contributed by atoms with E-state index in [1.165, 1.54) is 6.07 Å². The Morgan fingerprint density at radius 2 is 2.00 bits per heavy atom. The number of aliphatic carboxylic acids is 1. The predicted octanol–water partition coefficient (Wildman–Crippen LogP) is 3.57. The summed E-state index contributed by atoms with van der Waals surface area (Å²) >= 11 is 0. The predicted molar refractivity (Wildman–Crippen MR) is 73.4 cm³/mol. The van der Waals surface area contributed by atoms with Crippen molar-refractivity contribution in [1.82, 2.24) is 0 Å². The monoisotopic (exact) mass is 301 g/mol. The van der Waals surface area contributed by atoms with Gasteiger partial charge in [0.15, 0.2) is 0 Å². The Morgan fingerprint density at radius 1 is 1.38 bits per heavy atom. The molecule has 1 unspecified atom stereocenters. The molecule has 1 atom stereocenters. The lowest BCUT2D eigenvalue weighted by molar-refractivity contribution is -0.148. The molecule has 0 aromatic heterocycles. The first-order chi connectivity index (χ1) is 9.59. The molecule has 116 valence electrons. The van der Waals surface area contributed by atoms with Gasteiger partial charge in [0, 0.05) is 18.3 Å². The molecular weight excluding hydrogens is 283 g/mol. The molecule has 0 bridgehead atoms. The minimum atomic E-state index is -4.39. The molecule has 0 aliphatic carbocycles. The molecule has 1 heterocycles. The van der Waals surface area contributed by atoms with Gasteiger partial charge in [0.25, 0.3) is 0 Å². The van der Waals surface area contributed by atoms with Crippen molar-refractivity contribution in [1.29, 1.82) is 0 Å². The van der Waals surface area contributed by atoms with Gasteiger partial charge in [-0.1, -0.05) is 6.07 Å². The summed E-state index contributed by atoms with van der Waals surface area (Å²) in [6.07, 6.45) is -3.95. The number of carboxylic acid groups (broad SMARTS) is 1. The SMILES string of the molecule is CCN1c2cc(C(F)(F)F)ccc2CC1C(C)(C)C(=O)O. The van der Waals surface area contributed by atoms with Gasteiger partial charge < -0.3 is 10.0 Å². The van der Waals surface area contributed by atoms with E-state index >= 15 is 0 Å². The second-order valence-corrected chi connectivity index (χ2v) is 5.87. The van der Waals surface area contributed by atoms with Crippen LogP contribution < -0.4 is 4.90 Å². The summed E-state index contributed by atoms with van der Waals surface area (Å²) < 4.78 is 38.5. The Morgan fingerprint density at radius 3 is 2.48 bits per heavy atom. The fourth-order valence-corrected chi connectivity index (χ4v) is 2.84. The van der Waals surface area contributed by atoms with Crippen molar-refractivity contribution in [2.45, 2.75) is 39.4 Å². The van der Waals surface area contributed by atoms with E-state index in [1.807, 2.05) is 6.92 Å². The molecule has 0 saturated heterocycles. The Labute approximate surface area is 121 Å². The molecule has 6 heteroatoms. The van der Waals surface area contributed by atoms with Crippen molar-refractivity contribution in [2.24, 2.45) is 5.41 Å². The summed E-state index contributed by atoms with van der Waals surface area (Å²) in [6, 6.07) is 3.29. The number of alkyl halides is 3. The molecule has 0 amide bonds. The van der Waals surface area contributed by atoms with E-state index in [0.29, 0.717) is 18.7 Å². The van der Waals surface area contributed by atoms with Crippen LogP contribution in [0, 0.1) is 5.41 Å². The lowest BCUT2D eigenvalue weighted by atomic mass is 9.82. The highest BCUT2D eigenvalue weighted by Gasteiger charge is 2.45. The van der Waals surface area contributed by atoms with Gasteiger partial charge in [0.2, 0.25) is 0 Å². The van der Waals surface area contributed by atoms with Gasteiger partial charge in [-0.2, -0.15) is 13.2 Å². The molecule has 2 rings (SSSR count). The van der Waals surface area contributed by atoms with Gasteiger partial charge in [-0.25, -0.2) is 0 Å². The lowest BCUT2D eigenvalue weighted by Gasteiger charge is -2.35. The number of fused-ring (bicyclic) bond motifs is 1. The third-order valence-electron chi connectivity index (χ3n) is 4.24. The van der Waals surface area contributed by atoms with Crippen LogP contribution in [0.3, 0.4) is 0 Å². The summed E-state index contributed by atoms with van der Waals surface area (Å²) in [5.74, 6) is -0.949. The molecule has 21 heavy (non-hydrogen) atoms. The number of rotatable bonds is 3. The molecule has 0 fully saturated rings. The highest BCUT2D eigenvalue weighted by Crippen LogP contribution is 2.42. The van der Waals surface area contributed by atoms with Crippen LogP contribution in [-0.2, 0) is 17.4 Å². The summed E-state index contributed by atoms with van der Waals surface area (Å²) in [5, 5.41) is 9.37. The second kappa shape index (κ2) is 4.93. The fourth-order valence-electron chi connectivity index (χ4n) is 2.84. The smallest absolute Gasteiger partial charge is 0.416 e. The maximum absolute atomic E-state index is 12.8. The maximum atomic E-state index is 12.8. The molecule has 0 radical (unpaired) electrons. The highest BCUT2D eigenvalue weighted by molar-refractivity contribution is 5.77. The van der Waals surface area contributed by atoms with Crippen molar-refractivity contribution in [3.8, 4) is 0 Å². The van der Waals surface area contributed by atoms with Crippen molar-refractivity contribution < 1.29 is 23.1 Å². The van der Waals surface area contributed by atoms with E-state index in [-0.39, 0.29) is 6.04 Å². The van der Waals surface area contributed by atoms with Gasteiger partial charge in [-0.3, -0.25) is 4.79 Å². The zero-order valence-electron chi connectivity index (χ0n) is 12.2. The van der Waals surface area contributed by atoms with Crippen molar-refractivity contribution in [3.05, 3.63) is 29.3 Å². The van der Waals surface area contributed by atoms with E-state index in [4.69, 9.17) is 0 Å². The van der Waals surface area contributed by atoms with Crippen LogP contribution in [0.1, 0.15) is 31.9 Å². The van der Waals surface area contributed by atoms with Crippen molar-refractivity contribution in [2.75, 3.05) is 11.4 Å². The first-order valence-electron chi connectivity index (χ1n) is 6.79. The Balaban J connectivity index is 2.45. The van der Waals surface area contributed by atoms with Crippen LogP contribution in [0.25, 0.3) is 0 Å². The van der Waals surface area contributed by atoms with Crippen molar-refractivity contribution in [3.63, 3.8) is 0 Å².